The second-order valence-corrected chi connectivity index (χ2v) is 7.40. The van der Waals surface area contributed by atoms with Gasteiger partial charge in [0.2, 0.25) is 0 Å². The van der Waals surface area contributed by atoms with E-state index in [4.69, 9.17) is 28.3 Å². The molecular formula is C14H9Cl2F2NO4S. The summed E-state index contributed by atoms with van der Waals surface area (Å²) in [4.78, 5) is 10.7. The minimum absolute atomic E-state index is 0.156. The number of hydrogen-bond donors (Lipinski definition) is 1. The van der Waals surface area contributed by atoms with Crippen LogP contribution in [-0.4, -0.2) is 26.5 Å². The highest BCUT2D eigenvalue weighted by molar-refractivity contribution is 7.92. The van der Waals surface area contributed by atoms with Gasteiger partial charge in [-0.3, -0.25) is 4.31 Å². The molecule has 0 unspecified atom stereocenters. The van der Waals surface area contributed by atoms with Crippen LogP contribution in [0.1, 0.15) is 10.4 Å². The van der Waals surface area contributed by atoms with Crippen LogP contribution in [0, 0.1) is 11.6 Å². The first-order valence-electron chi connectivity index (χ1n) is 6.22. The van der Waals surface area contributed by atoms with Crippen LogP contribution in [0.25, 0.3) is 0 Å². The molecule has 0 heterocycles. The summed E-state index contributed by atoms with van der Waals surface area (Å²) in [6.45, 7) is 0. The maximum Gasteiger partial charge on any atom is 0.337 e. The third-order valence-electron chi connectivity index (χ3n) is 3.16. The SMILES string of the molecule is CN(c1ccc(F)c(F)c1)S(=O)(=O)c1cc(Cl)c(Cl)c(C(=O)O)c1. The molecule has 128 valence electrons. The summed E-state index contributed by atoms with van der Waals surface area (Å²) in [6.07, 6.45) is 0. The molecule has 0 aliphatic heterocycles. The Morgan fingerprint density at radius 1 is 1.12 bits per heavy atom. The summed E-state index contributed by atoms with van der Waals surface area (Å²) < 4.78 is 52.1. The zero-order valence-electron chi connectivity index (χ0n) is 11.9. The number of sulfonamides is 1. The predicted molar refractivity (Wildman–Crippen MR) is 85.4 cm³/mol. The van der Waals surface area contributed by atoms with Crippen molar-refractivity contribution in [1.82, 2.24) is 0 Å². The molecule has 0 aliphatic rings. The lowest BCUT2D eigenvalue weighted by atomic mass is 10.2. The van der Waals surface area contributed by atoms with Crippen LogP contribution in [0.5, 0.6) is 0 Å². The molecule has 0 bridgehead atoms. The van der Waals surface area contributed by atoms with Crippen LogP contribution in [-0.2, 0) is 10.0 Å². The second kappa shape index (κ2) is 6.54. The van der Waals surface area contributed by atoms with Crippen molar-refractivity contribution in [3.05, 3.63) is 57.6 Å². The lowest BCUT2D eigenvalue weighted by Gasteiger charge is -2.20. The summed E-state index contributed by atoms with van der Waals surface area (Å²) in [5.41, 5.74) is -0.654. The molecule has 2 aromatic carbocycles. The molecule has 0 aliphatic carbocycles. The number of benzene rings is 2. The fraction of sp³-hybridized carbons (Fsp3) is 0.0714. The lowest BCUT2D eigenvalue weighted by Crippen LogP contribution is -2.27. The zero-order valence-corrected chi connectivity index (χ0v) is 14.3. The van der Waals surface area contributed by atoms with Gasteiger partial charge in [0.15, 0.2) is 11.6 Å². The normalized spacial score (nSPS) is 11.4. The van der Waals surface area contributed by atoms with E-state index in [1.54, 1.807) is 0 Å². The number of halogens is 4. The predicted octanol–water partition coefficient (Wildman–Crippen LogP) is 3.79. The molecule has 10 heteroatoms. The fourth-order valence-corrected chi connectivity index (χ4v) is 3.56. The second-order valence-electron chi connectivity index (χ2n) is 4.64. The smallest absolute Gasteiger partial charge is 0.337 e. The first kappa shape index (κ1) is 18.4. The van der Waals surface area contributed by atoms with E-state index in [0.29, 0.717) is 10.4 Å². The zero-order chi connectivity index (χ0) is 18.2. The third kappa shape index (κ3) is 3.31. The molecule has 0 saturated heterocycles. The number of anilines is 1. The Morgan fingerprint density at radius 2 is 1.75 bits per heavy atom. The van der Waals surface area contributed by atoms with E-state index in [2.05, 4.69) is 0 Å². The van der Waals surface area contributed by atoms with E-state index in [1.807, 2.05) is 0 Å². The van der Waals surface area contributed by atoms with Gasteiger partial charge < -0.3 is 5.11 Å². The van der Waals surface area contributed by atoms with Crippen molar-refractivity contribution in [2.45, 2.75) is 4.90 Å². The molecule has 2 aromatic rings. The van der Waals surface area contributed by atoms with Crippen LogP contribution in [0.4, 0.5) is 14.5 Å². The molecule has 0 amide bonds. The molecule has 0 spiro atoms. The van der Waals surface area contributed by atoms with Crippen molar-refractivity contribution in [2.24, 2.45) is 0 Å². The highest BCUT2D eigenvalue weighted by atomic mass is 35.5. The highest BCUT2D eigenvalue weighted by Crippen LogP contribution is 2.32. The van der Waals surface area contributed by atoms with Gasteiger partial charge in [-0.15, -0.1) is 0 Å². The summed E-state index contributed by atoms with van der Waals surface area (Å²) >= 11 is 11.5. The molecule has 2 rings (SSSR count). The molecule has 24 heavy (non-hydrogen) atoms. The summed E-state index contributed by atoms with van der Waals surface area (Å²) in [6, 6.07) is 4.34. The number of hydrogen-bond acceptors (Lipinski definition) is 3. The minimum atomic E-state index is -4.28. The lowest BCUT2D eigenvalue weighted by molar-refractivity contribution is 0.0697. The van der Waals surface area contributed by atoms with Gasteiger partial charge in [0, 0.05) is 13.1 Å². The van der Waals surface area contributed by atoms with Gasteiger partial charge in [-0.25, -0.2) is 22.0 Å². The van der Waals surface area contributed by atoms with Crippen molar-refractivity contribution < 1.29 is 27.1 Å². The van der Waals surface area contributed by atoms with Crippen molar-refractivity contribution in [3.63, 3.8) is 0 Å². The van der Waals surface area contributed by atoms with Crippen LogP contribution in [0.3, 0.4) is 0 Å². The number of aromatic carboxylic acids is 1. The molecule has 5 nitrogen and oxygen atoms in total. The summed E-state index contributed by atoms with van der Waals surface area (Å²) in [5.74, 6) is -3.82. The Balaban J connectivity index is 2.57. The van der Waals surface area contributed by atoms with Crippen LogP contribution < -0.4 is 4.31 Å². The maximum absolute atomic E-state index is 13.3. The highest BCUT2D eigenvalue weighted by Gasteiger charge is 2.26. The Morgan fingerprint density at radius 3 is 2.29 bits per heavy atom. The molecule has 0 atom stereocenters. The van der Waals surface area contributed by atoms with Gasteiger partial charge in [0.1, 0.15) is 0 Å². The molecule has 0 saturated carbocycles. The molecule has 0 radical (unpaired) electrons. The standard InChI is InChI=1S/C14H9Cl2F2NO4S/c1-19(7-2-3-11(17)12(18)4-7)24(22,23)8-5-9(14(20)21)13(16)10(15)6-8/h2-6H,1H3,(H,20,21). The van der Waals surface area contributed by atoms with E-state index in [0.717, 1.165) is 31.3 Å². The first-order valence-corrected chi connectivity index (χ1v) is 8.41. The minimum Gasteiger partial charge on any atom is -0.478 e. The third-order valence-corrected chi connectivity index (χ3v) is 5.72. The number of carbonyl (C=O) groups is 1. The Hall–Kier alpha value is -1.90. The number of nitrogens with zero attached hydrogens (tertiary/aromatic N) is 1. The van der Waals surface area contributed by atoms with Gasteiger partial charge in [0.25, 0.3) is 10.0 Å². The number of carboxylic acid groups (broad SMARTS) is 1. The Bertz CT molecular complexity index is 935. The van der Waals surface area contributed by atoms with E-state index >= 15 is 0 Å². The molecule has 0 aromatic heterocycles. The summed E-state index contributed by atoms with van der Waals surface area (Å²) in [5, 5.41) is 8.48. The number of carboxylic acids is 1. The van der Waals surface area contributed by atoms with Crippen LogP contribution in [0.15, 0.2) is 35.2 Å². The fourth-order valence-electron chi connectivity index (χ4n) is 1.85. The van der Waals surface area contributed by atoms with E-state index < -0.39 is 38.1 Å². The van der Waals surface area contributed by atoms with Gasteiger partial charge in [-0.05, 0) is 24.3 Å². The van der Waals surface area contributed by atoms with E-state index in [9.17, 15) is 22.0 Å². The topological polar surface area (TPSA) is 74.7 Å². The van der Waals surface area contributed by atoms with Crippen LogP contribution >= 0.6 is 23.2 Å². The molecular weight excluding hydrogens is 387 g/mol. The van der Waals surface area contributed by atoms with Crippen molar-refractivity contribution in [1.29, 1.82) is 0 Å². The maximum atomic E-state index is 13.3. The van der Waals surface area contributed by atoms with Crippen LogP contribution in [0.2, 0.25) is 10.0 Å². The van der Waals surface area contributed by atoms with Crippen molar-refractivity contribution in [2.75, 3.05) is 11.4 Å². The quantitative estimate of drug-likeness (QED) is 0.854. The average molecular weight is 396 g/mol. The van der Waals surface area contributed by atoms with Crippen molar-refractivity contribution >= 4 is 44.9 Å². The first-order chi connectivity index (χ1) is 11.1. The van der Waals surface area contributed by atoms with E-state index in [-0.39, 0.29) is 15.7 Å². The van der Waals surface area contributed by atoms with Crippen molar-refractivity contribution in [3.8, 4) is 0 Å². The Labute approximate surface area is 146 Å². The molecule has 1 N–H and O–H groups in total. The monoisotopic (exact) mass is 395 g/mol. The average Bonchev–Trinajstić information content (AvgIpc) is 2.51. The Kier molecular flexibility index (Phi) is 5.03. The van der Waals surface area contributed by atoms with Gasteiger partial charge in [0.05, 0.1) is 26.2 Å². The van der Waals surface area contributed by atoms with Gasteiger partial charge in [-0.2, -0.15) is 0 Å². The van der Waals surface area contributed by atoms with Gasteiger partial charge >= 0.3 is 5.97 Å². The largest absolute Gasteiger partial charge is 0.478 e. The van der Waals surface area contributed by atoms with Gasteiger partial charge in [-0.1, -0.05) is 23.2 Å². The number of rotatable bonds is 4. The summed E-state index contributed by atoms with van der Waals surface area (Å²) in [7, 11) is -3.18. The molecule has 0 fully saturated rings. The van der Waals surface area contributed by atoms with E-state index in [1.165, 1.54) is 0 Å².